The number of hydrogen-bond acceptors (Lipinski definition) is 4. The van der Waals surface area contributed by atoms with E-state index in [2.05, 4.69) is 20.5 Å². The first-order chi connectivity index (χ1) is 17.8. The van der Waals surface area contributed by atoms with Gasteiger partial charge in [-0.25, -0.2) is 17.6 Å². The molecule has 0 saturated carbocycles. The molecule has 9 heteroatoms. The maximum Gasteiger partial charge on any atom is 0.266 e. The van der Waals surface area contributed by atoms with Crippen molar-refractivity contribution in [2.24, 2.45) is 5.92 Å². The maximum atomic E-state index is 15.3. The van der Waals surface area contributed by atoms with Crippen molar-refractivity contribution in [3.63, 3.8) is 0 Å². The predicted octanol–water partition coefficient (Wildman–Crippen LogP) is 5.96. The average molecular weight is 513 g/mol. The van der Waals surface area contributed by atoms with Crippen LogP contribution in [0.5, 0.6) is 0 Å². The predicted molar refractivity (Wildman–Crippen MR) is 133 cm³/mol. The number of amides is 1. The molecule has 3 saturated heterocycles. The molecule has 0 aliphatic carbocycles. The summed E-state index contributed by atoms with van der Waals surface area (Å²) in [5, 5.41) is 6.12. The number of carbonyl (C=O) groups excluding carboxylic acids is 1. The zero-order chi connectivity index (χ0) is 26.1. The number of alkyl halides is 2. The number of carbonyl (C=O) groups is 1. The van der Waals surface area contributed by atoms with E-state index in [0.717, 1.165) is 38.5 Å². The van der Waals surface area contributed by atoms with Gasteiger partial charge in [0.05, 0.1) is 22.9 Å². The molecule has 3 fully saturated rings. The van der Waals surface area contributed by atoms with E-state index >= 15 is 4.39 Å². The number of nitrogens with zero attached hydrogens (tertiary/aromatic N) is 2. The van der Waals surface area contributed by atoms with Crippen LogP contribution in [0, 0.1) is 17.6 Å². The van der Waals surface area contributed by atoms with Crippen LogP contribution in [0.4, 0.5) is 23.2 Å². The van der Waals surface area contributed by atoms with Gasteiger partial charge in [-0.15, -0.1) is 0 Å². The monoisotopic (exact) mass is 512 g/mol. The lowest BCUT2D eigenvalue weighted by atomic mass is 9.83. The summed E-state index contributed by atoms with van der Waals surface area (Å²) in [6.07, 6.45) is 2.17. The van der Waals surface area contributed by atoms with Crippen molar-refractivity contribution in [1.29, 1.82) is 0 Å². The van der Waals surface area contributed by atoms with Crippen molar-refractivity contribution in [3.05, 3.63) is 83.2 Å². The number of fused-ring (bicyclic) bond motifs is 3. The lowest BCUT2D eigenvalue weighted by Gasteiger charge is -2.45. The molecule has 2 N–H and O–H groups in total. The summed E-state index contributed by atoms with van der Waals surface area (Å²) < 4.78 is 56.4. The van der Waals surface area contributed by atoms with E-state index in [4.69, 9.17) is 0 Å². The number of halogens is 4. The van der Waals surface area contributed by atoms with Gasteiger partial charge in [0.25, 0.3) is 12.3 Å². The van der Waals surface area contributed by atoms with Crippen LogP contribution >= 0.6 is 0 Å². The Morgan fingerprint density at radius 3 is 2.41 bits per heavy atom. The third-order valence-corrected chi connectivity index (χ3v) is 7.45. The minimum Gasteiger partial charge on any atom is -0.380 e. The molecule has 194 valence electrons. The van der Waals surface area contributed by atoms with Gasteiger partial charge in [-0.2, -0.15) is 0 Å². The van der Waals surface area contributed by atoms with Gasteiger partial charge in [0.15, 0.2) is 0 Å². The van der Waals surface area contributed by atoms with Gasteiger partial charge in [0.2, 0.25) is 0 Å². The third kappa shape index (κ3) is 5.18. The number of pyridine rings is 1. The molecule has 6 rings (SSSR count). The Hall–Kier alpha value is -3.46. The zero-order valence-corrected chi connectivity index (χ0v) is 20.4. The fourth-order valence-electron chi connectivity index (χ4n) is 5.39. The van der Waals surface area contributed by atoms with Gasteiger partial charge < -0.3 is 15.5 Å². The first-order valence-electron chi connectivity index (χ1n) is 12.4. The molecule has 3 aliphatic heterocycles. The van der Waals surface area contributed by atoms with Crippen LogP contribution in [0.1, 0.15) is 53.7 Å². The Bertz CT molecular complexity index is 1280. The number of piperidine rings is 3. The van der Waals surface area contributed by atoms with Crippen molar-refractivity contribution in [2.75, 3.05) is 25.0 Å². The van der Waals surface area contributed by atoms with Crippen LogP contribution in [-0.4, -0.2) is 41.5 Å². The maximum absolute atomic E-state index is 15.3. The molecule has 0 unspecified atom stereocenters. The fourth-order valence-corrected chi connectivity index (χ4v) is 5.39. The Kier molecular flexibility index (Phi) is 7.15. The topological polar surface area (TPSA) is 57.3 Å². The van der Waals surface area contributed by atoms with E-state index < -0.39 is 35.6 Å². The normalized spacial score (nSPS) is 21.6. The summed E-state index contributed by atoms with van der Waals surface area (Å²) in [5.41, 5.74) is 0.562. The van der Waals surface area contributed by atoms with E-state index in [1.165, 1.54) is 43.6 Å². The molecule has 37 heavy (non-hydrogen) atoms. The summed E-state index contributed by atoms with van der Waals surface area (Å²) in [4.78, 5) is 19.8. The summed E-state index contributed by atoms with van der Waals surface area (Å²) in [6.45, 7) is 4.40. The molecule has 3 aromatic rings. The van der Waals surface area contributed by atoms with Crippen molar-refractivity contribution >= 4 is 11.6 Å². The number of aromatic nitrogens is 1. The van der Waals surface area contributed by atoms with Gasteiger partial charge >= 0.3 is 0 Å². The summed E-state index contributed by atoms with van der Waals surface area (Å²) in [6, 6.07) is 8.99. The lowest BCUT2D eigenvalue weighted by Crippen LogP contribution is -2.53. The van der Waals surface area contributed by atoms with Gasteiger partial charge in [-0.1, -0.05) is 18.2 Å². The summed E-state index contributed by atoms with van der Waals surface area (Å²) in [7, 11) is 0. The SMILES string of the molecule is C[C@@H](NC(=O)c1cc(-c2ccncc2)c(F)cc1N[C@@H]1CN2CCC1CC2)c1cccc(C(F)F)c1F. The van der Waals surface area contributed by atoms with E-state index in [0.29, 0.717) is 17.2 Å². The van der Waals surface area contributed by atoms with Crippen LogP contribution < -0.4 is 10.6 Å². The van der Waals surface area contributed by atoms with E-state index in [-0.39, 0.29) is 22.7 Å². The second kappa shape index (κ2) is 10.5. The highest BCUT2D eigenvalue weighted by atomic mass is 19.3. The molecule has 3 aliphatic rings. The quantitative estimate of drug-likeness (QED) is 0.384. The van der Waals surface area contributed by atoms with Crippen LogP contribution in [0.25, 0.3) is 11.1 Å². The molecule has 0 radical (unpaired) electrons. The van der Waals surface area contributed by atoms with Crippen molar-refractivity contribution < 1.29 is 22.4 Å². The minimum atomic E-state index is -2.97. The molecule has 1 amide bonds. The number of hydrogen-bond donors (Lipinski definition) is 2. The van der Waals surface area contributed by atoms with Gasteiger partial charge in [-0.3, -0.25) is 9.78 Å². The Balaban J connectivity index is 1.48. The second-order valence-electron chi connectivity index (χ2n) is 9.75. The molecule has 4 heterocycles. The molecular weight excluding hydrogens is 484 g/mol. The number of nitrogens with one attached hydrogen (secondary N) is 2. The molecule has 2 bridgehead atoms. The number of anilines is 1. The smallest absolute Gasteiger partial charge is 0.266 e. The summed E-state index contributed by atoms with van der Waals surface area (Å²) in [5.74, 6) is -1.68. The summed E-state index contributed by atoms with van der Waals surface area (Å²) >= 11 is 0. The average Bonchev–Trinajstić information content (AvgIpc) is 2.90. The fraction of sp³-hybridized carbons (Fsp3) is 0.357. The van der Waals surface area contributed by atoms with Crippen molar-refractivity contribution in [2.45, 2.75) is 38.3 Å². The zero-order valence-electron chi connectivity index (χ0n) is 20.4. The molecular formula is C28H28F4N4O. The lowest BCUT2D eigenvalue weighted by molar-refractivity contribution is 0.0934. The van der Waals surface area contributed by atoms with Gasteiger partial charge in [-0.05, 0) is 68.6 Å². The highest BCUT2D eigenvalue weighted by Gasteiger charge is 2.35. The highest BCUT2D eigenvalue weighted by Crippen LogP contribution is 2.34. The third-order valence-electron chi connectivity index (χ3n) is 7.45. The highest BCUT2D eigenvalue weighted by molar-refractivity contribution is 6.01. The number of rotatable bonds is 7. The Labute approximate surface area is 212 Å². The first-order valence-corrected chi connectivity index (χ1v) is 12.4. The van der Waals surface area contributed by atoms with Crippen molar-refractivity contribution in [1.82, 2.24) is 15.2 Å². The molecule has 0 spiro atoms. The van der Waals surface area contributed by atoms with Crippen molar-refractivity contribution in [3.8, 4) is 11.1 Å². The molecule has 2 atom stereocenters. The largest absolute Gasteiger partial charge is 0.380 e. The van der Waals surface area contributed by atoms with E-state index in [1.54, 1.807) is 12.1 Å². The van der Waals surface area contributed by atoms with Crippen LogP contribution in [0.3, 0.4) is 0 Å². The standard InChI is InChI=1S/C28H28F4N4O/c1-16(19-3-2-4-20(26(19)30)27(31)32)34-28(37)22-13-21(17-5-9-33-10-6-17)23(29)14-24(22)35-25-15-36-11-7-18(25)8-12-36/h2-6,9-10,13-14,16,18,25,27,35H,7-8,11-12,15H2,1H3,(H,34,37)/t16-,25-/m1/s1. The van der Waals surface area contributed by atoms with Crippen LogP contribution in [-0.2, 0) is 0 Å². The molecule has 1 aromatic heterocycles. The van der Waals surface area contributed by atoms with Gasteiger partial charge in [0, 0.05) is 36.1 Å². The Morgan fingerprint density at radius 1 is 1.05 bits per heavy atom. The van der Waals surface area contributed by atoms with Gasteiger partial charge in [0.1, 0.15) is 11.6 Å². The van der Waals surface area contributed by atoms with E-state index in [1.807, 2.05) is 0 Å². The second-order valence-corrected chi connectivity index (χ2v) is 9.75. The van der Waals surface area contributed by atoms with Crippen LogP contribution in [0.2, 0.25) is 0 Å². The Morgan fingerprint density at radius 2 is 1.76 bits per heavy atom. The molecule has 2 aromatic carbocycles. The molecule has 5 nitrogen and oxygen atoms in total. The first kappa shape index (κ1) is 25.2. The number of benzene rings is 2. The van der Waals surface area contributed by atoms with Crippen LogP contribution in [0.15, 0.2) is 54.9 Å². The van der Waals surface area contributed by atoms with E-state index in [9.17, 15) is 18.0 Å². The minimum absolute atomic E-state index is 0.0467.